The molecular weight excluding hydrogens is 332 g/mol. The maximum atomic E-state index is 10.2. The Labute approximate surface area is 133 Å². The molecule has 21 heavy (non-hydrogen) atoms. The lowest BCUT2D eigenvalue weighted by molar-refractivity contribution is 0.162. The zero-order chi connectivity index (χ0) is 15.4. The van der Waals surface area contributed by atoms with E-state index in [-0.39, 0.29) is 6.10 Å². The molecule has 5 heteroatoms. The molecule has 4 nitrogen and oxygen atoms in total. The van der Waals surface area contributed by atoms with Gasteiger partial charge in [-0.1, -0.05) is 12.1 Å². The lowest BCUT2D eigenvalue weighted by Crippen LogP contribution is -2.14. The number of aliphatic hydroxyl groups excluding tert-OH is 1. The van der Waals surface area contributed by atoms with Crippen LogP contribution in [0.15, 0.2) is 28.7 Å². The third-order valence-electron chi connectivity index (χ3n) is 3.62. The van der Waals surface area contributed by atoms with Crippen LogP contribution in [0, 0.1) is 6.92 Å². The van der Waals surface area contributed by atoms with Gasteiger partial charge in [-0.3, -0.25) is 4.68 Å². The Morgan fingerprint density at radius 2 is 2.00 bits per heavy atom. The van der Waals surface area contributed by atoms with E-state index in [2.05, 4.69) is 21.0 Å². The van der Waals surface area contributed by atoms with Gasteiger partial charge in [-0.2, -0.15) is 5.10 Å². The molecule has 0 fully saturated rings. The minimum atomic E-state index is -0.377. The summed E-state index contributed by atoms with van der Waals surface area (Å²) in [6.45, 7) is 1.96. The summed E-state index contributed by atoms with van der Waals surface area (Å²) in [4.78, 5) is 0. The second kappa shape index (κ2) is 7.09. The topological polar surface area (TPSA) is 47.3 Å². The number of ether oxygens (including phenoxy) is 1. The molecule has 0 saturated heterocycles. The molecule has 114 valence electrons. The average molecular weight is 353 g/mol. The first-order valence-corrected chi connectivity index (χ1v) is 7.79. The van der Waals surface area contributed by atoms with Crippen molar-refractivity contribution in [2.45, 2.75) is 32.3 Å². The van der Waals surface area contributed by atoms with Crippen molar-refractivity contribution in [2.24, 2.45) is 7.05 Å². The number of hydrogen-bond acceptors (Lipinski definition) is 3. The molecule has 0 saturated carbocycles. The third kappa shape index (κ3) is 4.08. The average Bonchev–Trinajstić information content (AvgIpc) is 2.72. The van der Waals surface area contributed by atoms with Crippen LogP contribution >= 0.6 is 15.9 Å². The highest BCUT2D eigenvalue weighted by molar-refractivity contribution is 9.10. The van der Waals surface area contributed by atoms with Crippen LogP contribution in [0.25, 0.3) is 0 Å². The Kier molecular flexibility index (Phi) is 5.42. The van der Waals surface area contributed by atoms with Gasteiger partial charge in [0.15, 0.2) is 0 Å². The van der Waals surface area contributed by atoms with Gasteiger partial charge in [-0.25, -0.2) is 0 Å². The molecule has 0 bridgehead atoms. The highest BCUT2D eigenvalue weighted by Gasteiger charge is 2.15. The Balaban J connectivity index is 1.90. The van der Waals surface area contributed by atoms with E-state index in [1.807, 2.05) is 42.9 Å². The molecule has 0 amide bonds. The normalized spacial score (nSPS) is 12.4. The first kappa shape index (κ1) is 16.0. The molecule has 0 radical (unpaired) electrons. The van der Waals surface area contributed by atoms with Crippen LogP contribution in [0.2, 0.25) is 0 Å². The highest BCUT2D eigenvalue weighted by Crippen LogP contribution is 2.22. The molecule has 1 aromatic carbocycles. The number of nitrogens with zero attached hydrogens (tertiary/aromatic N) is 2. The zero-order valence-electron chi connectivity index (χ0n) is 12.6. The molecule has 0 aliphatic heterocycles. The van der Waals surface area contributed by atoms with Gasteiger partial charge < -0.3 is 9.84 Å². The van der Waals surface area contributed by atoms with E-state index < -0.39 is 0 Å². The van der Waals surface area contributed by atoms with Crippen molar-refractivity contribution in [2.75, 3.05) is 7.11 Å². The van der Waals surface area contributed by atoms with Crippen LogP contribution in [-0.4, -0.2) is 28.1 Å². The minimum Gasteiger partial charge on any atom is -0.497 e. The van der Waals surface area contributed by atoms with Crippen LogP contribution in [0.1, 0.15) is 23.4 Å². The summed E-state index contributed by atoms with van der Waals surface area (Å²) < 4.78 is 7.96. The number of hydrogen-bond donors (Lipinski definition) is 1. The Hall–Kier alpha value is -1.33. The molecule has 0 aliphatic carbocycles. The van der Waals surface area contributed by atoms with Crippen LogP contribution in [0.4, 0.5) is 0 Å². The monoisotopic (exact) mass is 352 g/mol. The van der Waals surface area contributed by atoms with Crippen LogP contribution in [0.5, 0.6) is 5.75 Å². The number of benzene rings is 1. The van der Waals surface area contributed by atoms with Crippen molar-refractivity contribution in [3.8, 4) is 5.75 Å². The quantitative estimate of drug-likeness (QED) is 0.868. The smallest absolute Gasteiger partial charge is 0.118 e. The van der Waals surface area contributed by atoms with Gasteiger partial charge in [0, 0.05) is 13.5 Å². The molecular formula is C16H21BrN2O2. The van der Waals surface area contributed by atoms with Crippen molar-refractivity contribution >= 4 is 15.9 Å². The molecule has 1 unspecified atom stereocenters. The lowest BCUT2D eigenvalue weighted by atomic mass is 10.0. The van der Waals surface area contributed by atoms with Crippen molar-refractivity contribution in [3.63, 3.8) is 0 Å². The van der Waals surface area contributed by atoms with E-state index in [0.29, 0.717) is 6.42 Å². The fraction of sp³-hybridized carbons (Fsp3) is 0.438. The number of halogens is 1. The van der Waals surface area contributed by atoms with Crippen molar-refractivity contribution in [3.05, 3.63) is 45.7 Å². The largest absolute Gasteiger partial charge is 0.497 e. The lowest BCUT2D eigenvalue weighted by Gasteiger charge is -2.11. The molecule has 1 atom stereocenters. The molecule has 2 rings (SSSR count). The highest BCUT2D eigenvalue weighted by atomic mass is 79.9. The van der Waals surface area contributed by atoms with E-state index in [9.17, 15) is 5.11 Å². The SMILES string of the molecule is COc1ccc(CCC(O)Cc2c(Br)c(C)nn2C)cc1. The molecule has 2 aromatic rings. The van der Waals surface area contributed by atoms with Gasteiger partial charge in [-0.05, 0) is 53.4 Å². The van der Waals surface area contributed by atoms with E-state index in [1.165, 1.54) is 5.56 Å². The van der Waals surface area contributed by atoms with Gasteiger partial charge in [0.1, 0.15) is 5.75 Å². The summed E-state index contributed by atoms with van der Waals surface area (Å²) in [6.07, 6.45) is 1.80. The zero-order valence-corrected chi connectivity index (χ0v) is 14.2. The molecule has 1 N–H and O–H groups in total. The second-order valence-electron chi connectivity index (χ2n) is 5.21. The molecule has 0 aliphatic rings. The fourth-order valence-electron chi connectivity index (χ4n) is 2.35. The van der Waals surface area contributed by atoms with Gasteiger partial charge in [0.05, 0.1) is 29.1 Å². The van der Waals surface area contributed by atoms with Gasteiger partial charge >= 0.3 is 0 Å². The standard InChI is InChI=1S/C16H21BrN2O2/c1-11-16(17)15(19(2)18-11)10-13(20)7-4-12-5-8-14(21-3)9-6-12/h5-6,8-9,13,20H,4,7,10H2,1-3H3. The maximum Gasteiger partial charge on any atom is 0.118 e. The first-order chi connectivity index (χ1) is 10.0. The maximum absolute atomic E-state index is 10.2. The predicted molar refractivity (Wildman–Crippen MR) is 86.7 cm³/mol. The van der Waals surface area contributed by atoms with Crippen LogP contribution < -0.4 is 4.74 Å². The van der Waals surface area contributed by atoms with Crippen molar-refractivity contribution in [1.29, 1.82) is 0 Å². The number of methoxy groups -OCH3 is 1. The Morgan fingerprint density at radius 3 is 2.52 bits per heavy atom. The molecule has 0 spiro atoms. The Bertz CT molecular complexity index is 593. The summed E-state index contributed by atoms with van der Waals surface area (Å²) in [7, 11) is 3.57. The number of aromatic nitrogens is 2. The second-order valence-corrected chi connectivity index (χ2v) is 6.01. The summed E-state index contributed by atoms with van der Waals surface area (Å²) in [5.74, 6) is 0.855. The van der Waals surface area contributed by atoms with E-state index >= 15 is 0 Å². The van der Waals surface area contributed by atoms with Gasteiger partial charge in [-0.15, -0.1) is 0 Å². The molecule has 1 aromatic heterocycles. The van der Waals surface area contributed by atoms with Crippen LogP contribution in [0.3, 0.4) is 0 Å². The number of aryl methyl sites for hydroxylation is 3. The van der Waals surface area contributed by atoms with Crippen LogP contribution in [-0.2, 0) is 19.9 Å². The number of rotatable bonds is 6. The van der Waals surface area contributed by atoms with E-state index in [0.717, 1.165) is 34.5 Å². The van der Waals surface area contributed by atoms with Gasteiger partial charge in [0.25, 0.3) is 0 Å². The third-order valence-corrected chi connectivity index (χ3v) is 4.65. The van der Waals surface area contributed by atoms with E-state index in [4.69, 9.17) is 4.74 Å². The summed E-state index contributed by atoms with van der Waals surface area (Å²) in [6, 6.07) is 7.97. The summed E-state index contributed by atoms with van der Waals surface area (Å²) >= 11 is 3.53. The minimum absolute atomic E-state index is 0.377. The number of aliphatic hydroxyl groups is 1. The van der Waals surface area contributed by atoms with Crippen molar-refractivity contribution in [1.82, 2.24) is 9.78 Å². The summed E-state index contributed by atoms with van der Waals surface area (Å²) in [5, 5.41) is 14.6. The van der Waals surface area contributed by atoms with Crippen molar-refractivity contribution < 1.29 is 9.84 Å². The first-order valence-electron chi connectivity index (χ1n) is 7.00. The Morgan fingerprint density at radius 1 is 1.33 bits per heavy atom. The molecule has 1 heterocycles. The summed E-state index contributed by atoms with van der Waals surface area (Å²) in [5.41, 5.74) is 3.19. The van der Waals surface area contributed by atoms with E-state index in [1.54, 1.807) is 7.11 Å². The predicted octanol–water partition coefficient (Wildman–Crippen LogP) is 3.04. The fourth-order valence-corrected chi connectivity index (χ4v) is 2.85. The van der Waals surface area contributed by atoms with Gasteiger partial charge in [0.2, 0.25) is 0 Å².